The van der Waals surface area contributed by atoms with E-state index in [0.717, 1.165) is 38.3 Å². The maximum atomic E-state index is 12.8. The third-order valence-corrected chi connectivity index (χ3v) is 10.9. The fourth-order valence-corrected chi connectivity index (χ4v) is 9.26. The van der Waals surface area contributed by atoms with Crippen LogP contribution in [-0.2, 0) is 14.3 Å². The first-order valence-electron chi connectivity index (χ1n) is 13.2. The van der Waals surface area contributed by atoms with Crippen LogP contribution in [0.3, 0.4) is 0 Å². The number of Topliss-reactive ketones (excluding diaryl/α,β-unsaturated/α-hetero) is 1. The van der Waals surface area contributed by atoms with Crippen molar-refractivity contribution < 1.29 is 14.3 Å². The van der Waals surface area contributed by atoms with Gasteiger partial charge in [0.2, 0.25) is 0 Å². The van der Waals surface area contributed by atoms with Gasteiger partial charge in [-0.1, -0.05) is 27.2 Å². The summed E-state index contributed by atoms with van der Waals surface area (Å²) in [5.74, 6) is 3.34. The molecule has 31 heavy (non-hydrogen) atoms. The van der Waals surface area contributed by atoms with E-state index in [2.05, 4.69) is 25.7 Å². The molecule has 1 aliphatic heterocycles. The van der Waals surface area contributed by atoms with Crippen molar-refractivity contribution in [3.05, 3.63) is 0 Å². The summed E-state index contributed by atoms with van der Waals surface area (Å²) in [6, 6.07) is 0.386. The monoisotopic (exact) mass is 429 g/mol. The number of hydrogen-bond acceptors (Lipinski definition) is 4. The molecule has 5 fully saturated rings. The second-order valence-electron chi connectivity index (χ2n) is 12.4. The average Bonchev–Trinajstić information content (AvgIpc) is 3.02. The second kappa shape index (κ2) is 7.85. The molecule has 9 atom stereocenters. The van der Waals surface area contributed by atoms with Crippen molar-refractivity contribution in [3.8, 4) is 0 Å². The smallest absolute Gasteiger partial charge is 0.302 e. The summed E-state index contributed by atoms with van der Waals surface area (Å²) >= 11 is 0. The zero-order valence-electron chi connectivity index (χ0n) is 20.2. The van der Waals surface area contributed by atoms with Crippen molar-refractivity contribution in [3.63, 3.8) is 0 Å². The maximum absolute atomic E-state index is 12.8. The molecule has 1 saturated heterocycles. The summed E-state index contributed by atoms with van der Waals surface area (Å²) in [5, 5.41) is 0. The molecule has 5 aliphatic rings. The van der Waals surface area contributed by atoms with Crippen molar-refractivity contribution in [2.45, 2.75) is 104 Å². The first-order chi connectivity index (χ1) is 14.7. The lowest BCUT2D eigenvalue weighted by molar-refractivity contribution is -0.167. The van der Waals surface area contributed by atoms with Crippen LogP contribution >= 0.6 is 0 Å². The van der Waals surface area contributed by atoms with Gasteiger partial charge in [-0.3, -0.25) is 14.5 Å². The van der Waals surface area contributed by atoms with Gasteiger partial charge in [0.1, 0.15) is 11.9 Å². The minimum absolute atomic E-state index is 0.0348. The van der Waals surface area contributed by atoms with Crippen molar-refractivity contribution in [1.82, 2.24) is 4.90 Å². The number of piperidine rings is 1. The molecule has 4 nitrogen and oxygen atoms in total. The first-order valence-corrected chi connectivity index (χ1v) is 13.2. The Morgan fingerprint density at radius 2 is 1.74 bits per heavy atom. The van der Waals surface area contributed by atoms with Gasteiger partial charge in [-0.15, -0.1) is 0 Å². The molecule has 0 radical (unpaired) electrons. The fourth-order valence-electron chi connectivity index (χ4n) is 9.26. The highest BCUT2D eigenvalue weighted by molar-refractivity contribution is 5.82. The number of esters is 1. The van der Waals surface area contributed by atoms with Crippen LogP contribution in [0.1, 0.15) is 91.9 Å². The number of ketones is 1. The van der Waals surface area contributed by atoms with E-state index in [1.165, 1.54) is 44.9 Å². The predicted molar refractivity (Wildman–Crippen MR) is 121 cm³/mol. The number of fused-ring (bicyclic) bond motifs is 5. The van der Waals surface area contributed by atoms with Crippen LogP contribution in [0.2, 0.25) is 0 Å². The molecule has 0 aromatic carbocycles. The molecule has 0 aromatic heterocycles. The normalized spacial score (nSPS) is 50.3. The largest absolute Gasteiger partial charge is 0.460 e. The number of likely N-dealkylation sites (tertiary alicyclic amines) is 1. The van der Waals surface area contributed by atoms with Gasteiger partial charge in [0.25, 0.3) is 0 Å². The summed E-state index contributed by atoms with van der Waals surface area (Å²) < 4.78 is 6.16. The van der Waals surface area contributed by atoms with Gasteiger partial charge in [0.15, 0.2) is 0 Å². The Hall–Kier alpha value is -0.900. The Morgan fingerprint density at radius 1 is 1.00 bits per heavy atom. The Labute approximate surface area is 188 Å². The van der Waals surface area contributed by atoms with Crippen molar-refractivity contribution in [2.24, 2.45) is 40.4 Å². The van der Waals surface area contributed by atoms with Crippen LogP contribution in [0, 0.1) is 40.4 Å². The van der Waals surface area contributed by atoms with Crippen molar-refractivity contribution in [2.75, 3.05) is 13.1 Å². The van der Waals surface area contributed by atoms with Crippen LogP contribution in [0.4, 0.5) is 0 Å². The molecule has 4 aliphatic carbocycles. The SMILES string of the molecule is CC(=O)OC1C(N2CCCCC2)C[C@H]2[C@@H]3CCC4CC(C)C(=O)C[C@]4(C)[C@@H]3CC[C@]12C. The lowest BCUT2D eigenvalue weighted by atomic mass is 9.44. The van der Waals surface area contributed by atoms with Crippen LogP contribution in [0.25, 0.3) is 0 Å². The zero-order valence-corrected chi connectivity index (χ0v) is 20.2. The Morgan fingerprint density at radius 3 is 2.45 bits per heavy atom. The number of hydrogen-bond donors (Lipinski definition) is 0. The fraction of sp³-hybridized carbons (Fsp3) is 0.926. The highest BCUT2D eigenvalue weighted by Gasteiger charge is 2.64. The molecule has 4 saturated carbocycles. The molecule has 5 rings (SSSR count). The Bertz CT molecular complexity index is 730. The second-order valence-corrected chi connectivity index (χ2v) is 12.4. The van der Waals surface area contributed by atoms with Gasteiger partial charge in [-0.2, -0.15) is 0 Å². The molecule has 174 valence electrons. The molecule has 0 N–H and O–H groups in total. The topological polar surface area (TPSA) is 46.6 Å². The lowest BCUT2D eigenvalue weighted by Crippen LogP contribution is -2.56. The van der Waals surface area contributed by atoms with Gasteiger partial charge in [0, 0.05) is 30.7 Å². The van der Waals surface area contributed by atoms with Crippen LogP contribution in [0.15, 0.2) is 0 Å². The number of carbonyl (C=O) groups excluding carboxylic acids is 2. The van der Waals surface area contributed by atoms with Crippen LogP contribution < -0.4 is 0 Å². The van der Waals surface area contributed by atoms with Crippen LogP contribution in [-0.4, -0.2) is 41.9 Å². The van der Waals surface area contributed by atoms with E-state index < -0.39 is 0 Å². The quantitative estimate of drug-likeness (QED) is 0.563. The zero-order chi connectivity index (χ0) is 22.0. The Kier molecular flexibility index (Phi) is 5.55. The first kappa shape index (κ1) is 21.9. The molecule has 0 aromatic rings. The number of carbonyl (C=O) groups is 2. The number of ether oxygens (including phenoxy) is 1. The number of nitrogens with zero attached hydrogens (tertiary/aromatic N) is 1. The predicted octanol–water partition coefficient (Wildman–Crippen LogP) is 5.24. The number of rotatable bonds is 2. The van der Waals surface area contributed by atoms with Gasteiger partial charge in [0.05, 0.1) is 0 Å². The standard InChI is InChI=1S/C27H43NO3/c1-17-14-19-8-9-20-21(27(19,4)16-24(17)30)10-11-26(3)22(20)15-23(25(26)31-18(2)29)28-12-6-5-7-13-28/h17,19-23,25H,5-16H2,1-4H3/t17?,19?,20-,21-,22+,23?,25?,26+,27+/m1/s1. The third-order valence-electron chi connectivity index (χ3n) is 10.9. The van der Waals surface area contributed by atoms with E-state index in [4.69, 9.17) is 4.74 Å². The van der Waals surface area contributed by atoms with Crippen molar-refractivity contribution in [1.29, 1.82) is 0 Å². The van der Waals surface area contributed by atoms with Gasteiger partial charge >= 0.3 is 5.97 Å². The maximum Gasteiger partial charge on any atom is 0.302 e. The van der Waals surface area contributed by atoms with Gasteiger partial charge in [-0.05, 0) is 93.5 Å². The summed E-state index contributed by atoms with van der Waals surface area (Å²) in [6.45, 7) is 11.0. The summed E-state index contributed by atoms with van der Waals surface area (Å²) in [7, 11) is 0. The minimum Gasteiger partial charge on any atom is -0.460 e. The summed E-state index contributed by atoms with van der Waals surface area (Å²) in [6.07, 6.45) is 11.9. The van der Waals surface area contributed by atoms with Crippen LogP contribution in [0.5, 0.6) is 0 Å². The summed E-state index contributed by atoms with van der Waals surface area (Å²) in [4.78, 5) is 27.6. The van der Waals surface area contributed by atoms with E-state index in [0.29, 0.717) is 29.6 Å². The van der Waals surface area contributed by atoms with E-state index in [1.54, 1.807) is 6.92 Å². The van der Waals surface area contributed by atoms with Gasteiger partial charge in [-0.25, -0.2) is 0 Å². The van der Waals surface area contributed by atoms with E-state index >= 15 is 0 Å². The lowest BCUT2D eigenvalue weighted by Gasteiger charge is -2.60. The highest BCUT2D eigenvalue weighted by Crippen LogP contribution is 2.67. The molecule has 0 bridgehead atoms. The molecular weight excluding hydrogens is 386 g/mol. The molecular formula is C27H43NO3. The molecule has 4 heteroatoms. The van der Waals surface area contributed by atoms with E-state index in [-0.39, 0.29) is 28.8 Å². The third kappa shape index (κ3) is 3.42. The molecule has 4 unspecified atom stereocenters. The molecule has 0 spiro atoms. The highest BCUT2D eigenvalue weighted by atomic mass is 16.5. The minimum atomic E-state index is -0.112. The average molecular weight is 430 g/mol. The molecule has 1 heterocycles. The van der Waals surface area contributed by atoms with Gasteiger partial charge < -0.3 is 4.74 Å². The Balaban J connectivity index is 1.44. The van der Waals surface area contributed by atoms with Crippen molar-refractivity contribution >= 4 is 11.8 Å². The summed E-state index contributed by atoms with van der Waals surface area (Å²) in [5.41, 5.74) is 0.276. The van der Waals surface area contributed by atoms with E-state index in [9.17, 15) is 9.59 Å². The molecule has 0 amide bonds. The van der Waals surface area contributed by atoms with E-state index in [1.807, 2.05) is 0 Å².